The second-order valence-corrected chi connectivity index (χ2v) is 12.7. The van der Waals surface area contributed by atoms with Gasteiger partial charge < -0.3 is 19.3 Å². The second kappa shape index (κ2) is 12.5. The summed E-state index contributed by atoms with van der Waals surface area (Å²) in [6, 6.07) is 14.6. The predicted molar refractivity (Wildman–Crippen MR) is 158 cm³/mol. The SMILES string of the molecule is CC(C)(C)OC(=O)N1CCN(Cc2ccccc2CN2C(=O)c3ccccc3C2=O)CCN(C(=O)OC(C)(C)C)CC1. The summed E-state index contributed by atoms with van der Waals surface area (Å²) in [5, 5.41) is 0. The molecule has 226 valence electrons. The minimum atomic E-state index is -0.650. The number of carbonyl (C=O) groups excluding carboxylic acids is 4. The molecule has 2 aromatic carbocycles. The first-order chi connectivity index (χ1) is 19.7. The summed E-state index contributed by atoms with van der Waals surface area (Å²) in [5.74, 6) is -0.594. The molecule has 2 heterocycles. The third-order valence-electron chi connectivity index (χ3n) is 7.03. The Hall–Kier alpha value is -3.92. The maximum Gasteiger partial charge on any atom is 0.410 e. The van der Waals surface area contributed by atoms with E-state index in [4.69, 9.17) is 9.47 Å². The van der Waals surface area contributed by atoms with E-state index in [9.17, 15) is 19.2 Å². The lowest BCUT2D eigenvalue weighted by atomic mass is 10.1. The number of nitrogens with zero attached hydrogens (tertiary/aromatic N) is 4. The van der Waals surface area contributed by atoms with Gasteiger partial charge in [-0.2, -0.15) is 0 Å². The minimum Gasteiger partial charge on any atom is -0.444 e. The highest BCUT2D eigenvalue weighted by Gasteiger charge is 2.35. The van der Waals surface area contributed by atoms with Gasteiger partial charge >= 0.3 is 12.2 Å². The van der Waals surface area contributed by atoms with Crippen LogP contribution in [0.25, 0.3) is 0 Å². The highest BCUT2D eigenvalue weighted by Crippen LogP contribution is 2.26. The van der Waals surface area contributed by atoms with Crippen LogP contribution < -0.4 is 0 Å². The smallest absolute Gasteiger partial charge is 0.410 e. The average molecular weight is 579 g/mol. The van der Waals surface area contributed by atoms with Crippen molar-refractivity contribution in [3.05, 3.63) is 70.8 Å². The number of benzene rings is 2. The molecule has 2 aliphatic heterocycles. The van der Waals surface area contributed by atoms with Crippen LogP contribution in [0.15, 0.2) is 48.5 Å². The van der Waals surface area contributed by atoms with Crippen LogP contribution in [0, 0.1) is 0 Å². The number of rotatable bonds is 4. The molecule has 2 aliphatic rings. The summed E-state index contributed by atoms with van der Waals surface area (Å²) >= 11 is 0. The molecule has 2 aromatic rings. The first kappa shape index (κ1) is 31.0. The van der Waals surface area contributed by atoms with Crippen molar-refractivity contribution >= 4 is 24.0 Å². The van der Waals surface area contributed by atoms with Crippen LogP contribution in [0.2, 0.25) is 0 Å². The number of carbonyl (C=O) groups is 4. The molecule has 0 atom stereocenters. The van der Waals surface area contributed by atoms with Crippen LogP contribution >= 0.6 is 0 Å². The van der Waals surface area contributed by atoms with Gasteiger partial charge in [-0.05, 0) is 64.8 Å². The van der Waals surface area contributed by atoms with Crippen molar-refractivity contribution in [2.75, 3.05) is 39.3 Å². The lowest BCUT2D eigenvalue weighted by Crippen LogP contribution is -2.44. The standard InChI is InChI=1S/C32H42N4O6/c1-31(2,3)41-29(39)34-17-15-33(16-18-35(20-19-34)30(40)42-32(4,5)6)21-23-11-7-8-12-24(23)22-36-27(37)25-13-9-10-14-26(25)28(36)38/h7-14H,15-22H2,1-6H3. The Balaban J connectivity index is 1.53. The zero-order valence-corrected chi connectivity index (χ0v) is 25.5. The molecule has 0 unspecified atom stereocenters. The molecule has 1 fully saturated rings. The second-order valence-electron chi connectivity index (χ2n) is 12.7. The molecule has 4 rings (SSSR count). The fourth-order valence-corrected chi connectivity index (χ4v) is 4.94. The van der Waals surface area contributed by atoms with Gasteiger partial charge in [-0.3, -0.25) is 19.4 Å². The Morgan fingerprint density at radius 2 is 1.00 bits per heavy atom. The normalized spacial score (nSPS) is 17.0. The number of ether oxygens (including phenoxy) is 2. The zero-order chi connectivity index (χ0) is 30.7. The van der Waals surface area contributed by atoms with Gasteiger partial charge in [0, 0.05) is 45.8 Å². The Morgan fingerprint density at radius 1 is 0.619 bits per heavy atom. The Labute approximate surface area is 248 Å². The van der Waals surface area contributed by atoms with E-state index in [1.165, 1.54) is 4.90 Å². The maximum atomic E-state index is 13.0. The summed E-state index contributed by atoms with van der Waals surface area (Å²) in [7, 11) is 0. The van der Waals surface area contributed by atoms with Crippen molar-refractivity contribution in [1.82, 2.24) is 19.6 Å². The Morgan fingerprint density at radius 3 is 1.43 bits per heavy atom. The van der Waals surface area contributed by atoms with Crippen LogP contribution in [0.3, 0.4) is 0 Å². The average Bonchev–Trinajstić information content (AvgIpc) is 3.19. The van der Waals surface area contributed by atoms with Gasteiger partial charge in [-0.1, -0.05) is 36.4 Å². The lowest BCUT2D eigenvalue weighted by Gasteiger charge is -2.30. The highest BCUT2D eigenvalue weighted by molar-refractivity contribution is 6.21. The molecule has 0 saturated carbocycles. The van der Waals surface area contributed by atoms with Gasteiger partial charge in [-0.15, -0.1) is 0 Å². The number of imide groups is 1. The van der Waals surface area contributed by atoms with Gasteiger partial charge in [-0.25, -0.2) is 9.59 Å². The van der Waals surface area contributed by atoms with Crippen molar-refractivity contribution in [2.45, 2.75) is 65.8 Å². The lowest BCUT2D eigenvalue weighted by molar-refractivity contribution is 0.0154. The summed E-state index contributed by atoms with van der Waals surface area (Å²) in [5.41, 5.74) is 1.36. The molecule has 10 nitrogen and oxygen atoms in total. The molecule has 0 bridgehead atoms. The van der Waals surface area contributed by atoms with Crippen molar-refractivity contribution in [2.24, 2.45) is 0 Å². The molecule has 0 N–H and O–H groups in total. The number of fused-ring (bicyclic) bond motifs is 1. The quantitative estimate of drug-likeness (QED) is 0.482. The Bertz CT molecular complexity index is 1250. The van der Waals surface area contributed by atoms with Crippen molar-refractivity contribution in [3.63, 3.8) is 0 Å². The van der Waals surface area contributed by atoms with Crippen LogP contribution in [0.5, 0.6) is 0 Å². The summed E-state index contributed by atoms with van der Waals surface area (Å²) in [6.07, 6.45) is -0.862. The summed E-state index contributed by atoms with van der Waals surface area (Å²) in [4.78, 5) is 58.9. The molecule has 0 aromatic heterocycles. The zero-order valence-electron chi connectivity index (χ0n) is 25.5. The van der Waals surface area contributed by atoms with Crippen LogP contribution in [0.1, 0.15) is 73.4 Å². The van der Waals surface area contributed by atoms with E-state index in [2.05, 4.69) is 4.90 Å². The van der Waals surface area contributed by atoms with E-state index >= 15 is 0 Å². The van der Waals surface area contributed by atoms with Crippen LogP contribution in [-0.4, -0.2) is 94.1 Å². The third kappa shape index (κ3) is 7.88. The van der Waals surface area contributed by atoms with Gasteiger partial charge in [0.1, 0.15) is 11.2 Å². The Kier molecular flexibility index (Phi) is 9.25. The number of hydrogen-bond donors (Lipinski definition) is 0. The third-order valence-corrected chi connectivity index (χ3v) is 7.03. The van der Waals surface area contributed by atoms with Crippen molar-refractivity contribution in [1.29, 1.82) is 0 Å². The molecule has 1 saturated heterocycles. The molecule has 0 radical (unpaired) electrons. The van der Waals surface area contributed by atoms with Crippen LogP contribution in [-0.2, 0) is 22.6 Å². The maximum absolute atomic E-state index is 13.0. The molecule has 0 aliphatic carbocycles. The fraction of sp³-hybridized carbons (Fsp3) is 0.500. The molecule has 4 amide bonds. The van der Waals surface area contributed by atoms with E-state index in [1.54, 1.807) is 34.1 Å². The number of hydrogen-bond acceptors (Lipinski definition) is 7. The predicted octanol–water partition coefficient (Wildman–Crippen LogP) is 4.77. The van der Waals surface area contributed by atoms with Gasteiger partial charge in [0.15, 0.2) is 0 Å². The summed E-state index contributed by atoms with van der Waals surface area (Å²) in [6.45, 7) is 14.2. The van der Waals surface area contributed by atoms with Gasteiger partial charge in [0.25, 0.3) is 11.8 Å². The van der Waals surface area contributed by atoms with E-state index < -0.39 is 23.4 Å². The monoisotopic (exact) mass is 578 g/mol. The largest absolute Gasteiger partial charge is 0.444 e. The fourth-order valence-electron chi connectivity index (χ4n) is 4.94. The van der Waals surface area contributed by atoms with E-state index in [-0.39, 0.29) is 18.4 Å². The van der Waals surface area contributed by atoms with Gasteiger partial charge in [0.05, 0.1) is 17.7 Å². The molecule has 0 spiro atoms. The van der Waals surface area contributed by atoms with E-state index in [0.717, 1.165) is 11.1 Å². The molecule has 10 heteroatoms. The van der Waals surface area contributed by atoms with Crippen molar-refractivity contribution < 1.29 is 28.7 Å². The molecular formula is C32H42N4O6. The minimum absolute atomic E-state index is 0.157. The topological polar surface area (TPSA) is 99.7 Å². The first-order valence-corrected chi connectivity index (χ1v) is 14.4. The first-order valence-electron chi connectivity index (χ1n) is 14.4. The van der Waals surface area contributed by atoms with Crippen LogP contribution in [0.4, 0.5) is 9.59 Å². The molecular weight excluding hydrogens is 536 g/mol. The van der Waals surface area contributed by atoms with E-state index in [0.29, 0.717) is 56.9 Å². The highest BCUT2D eigenvalue weighted by atomic mass is 16.6. The van der Waals surface area contributed by atoms with Gasteiger partial charge in [0.2, 0.25) is 0 Å². The van der Waals surface area contributed by atoms with E-state index in [1.807, 2.05) is 65.8 Å². The molecule has 42 heavy (non-hydrogen) atoms. The summed E-state index contributed by atoms with van der Waals surface area (Å²) < 4.78 is 11.3. The number of amides is 4. The van der Waals surface area contributed by atoms with Crippen molar-refractivity contribution in [3.8, 4) is 0 Å².